The molecule has 1 aromatic carbocycles. The van der Waals surface area contributed by atoms with Crippen molar-refractivity contribution in [2.45, 2.75) is 45.3 Å². The Kier molecular flexibility index (Phi) is 4.99. The summed E-state index contributed by atoms with van der Waals surface area (Å²) in [6.07, 6.45) is 1.11. The fourth-order valence-electron chi connectivity index (χ4n) is 3.46. The number of piperidine rings is 1. The van der Waals surface area contributed by atoms with Crippen molar-refractivity contribution in [3.63, 3.8) is 0 Å². The van der Waals surface area contributed by atoms with Crippen LogP contribution in [0.3, 0.4) is 0 Å². The van der Waals surface area contributed by atoms with E-state index in [9.17, 15) is 14.4 Å². The van der Waals surface area contributed by atoms with Crippen LogP contribution in [0.25, 0.3) is 0 Å². The van der Waals surface area contributed by atoms with Gasteiger partial charge in [-0.05, 0) is 51.8 Å². The normalized spacial score (nSPS) is 18.0. The average Bonchev–Trinajstić information content (AvgIpc) is 2.59. The largest absolute Gasteiger partial charge is 0.478 e. The molecular formula is C19H25N3O5. The van der Waals surface area contributed by atoms with E-state index in [1.54, 1.807) is 17.0 Å². The Morgan fingerprint density at radius 1 is 1.22 bits per heavy atom. The van der Waals surface area contributed by atoms with E-state index in [1.807, 2.05) is 25.7 Å². The Morgan fingerprint density at radius 2 is 1.89 bits per heavy atom. The third-order valence-electron chi connectivity index (χ3n) is 4.70. The summed E-state index contributed by atoms with van der Waals surface area (Å²) in [4.78, 5) is 39.2. The number of anilines is 2. The summed E-state index contributed by atoms with van der Waals surface area (Å²) in [5, 5.41) is 11.9. The monoisotopic (exact) mass is 375 g/mol. The van der Waals surface area contributed by atoms with Crippen LogP contribution >= 0.6 is 0 Å². The van der Waals surface area contributed by atoms with Crippen LogP contribution in [-0.2, 0) is 9.53 Å². The third kappa shape index (κ3) is 4.32. The van der Waals surface area contributed by atoms with Crippen molar-refractivity contribution < 1.29 is 24.2 Å². The lowest BCUT2D eigenvalue weighted by molar-refractivity contribution is -0.115. The van der Waals surface area contributed by atoms with E-state index >= 15 is 0 Å². The van der Waals surface area contributed by atoms with Gasteiger partial charge in [0.25, 0.3) is 0 Å². The molecular weight excluding hydrogens is 350 g/mol. The molecule has 2 aliphatic rings. The zero-order valence-corrected chi connectivity index (χ0v) is 15.8. The molecule has 0 atom stereocenters. The molecule has 1 fully saturated rings. The second-order valence-corrected chi connectivity index (χ2v) is 7.91. The summed E-state index contributed by atoms with van der Waals surface area (Å²) in [6.45, 7) is 6.85. The lowest BCUT2D eigenvalue weighted by Crippen LogP contribution is -2.51. The number of hydrogen-bond donors (Lipinski definition) is 2. The van der Waals surface area contributed by atoms with Crippen LogP contribution in [0.2, 0.25) is 0 Å². The van der Waals surface area contributed by atoms with E-state index in [2.05, 4.69) is 5.32 Å². The van der Waals surface area contributed by atoms with Gasteiger partial charge in [-0.1, -0.05) is 0 Å². The Balaban J connectivity index is 1.71. The number of carboxylic acids is 1. The van der Waals surface area contributed by atoms with Crippen LogP contribution in [0.5, 0.6) is 0 Å². The molecule has 2 heterocycles. The quantitative estimate of drug-likeness (QED) is 0.824. The molecule has 0 aliphatic carbocycles. The fraction of sp³-hybridized carbons (Fsp3) is 0.526. The zero-order valence-electron chi connectivity index (χ0n) is 15.8. The number of carbonyl (C=O) groups is 3. The number of likely N-dealkylation sites (tertiary alicyclic amines) is 1. The molecule has 146 valence electrons. The molecule has 8 nitrogen and oxygen atoms in total. The predicted molar refractivity (Wildman–Crippen MR) is 100 cm³/mol. The Bertz CT molecular complexity index is 763. The summed E-state index contributed by atoms with van der Waals surface area (Å²) < 4.78 is 5.42. The number of nitrogens with zero attached hydrogens (tertiary/aromatic N) is 2. The number of fused-ring (bicyclic) bond motifs is 1. The molecule has 1 saturated heterocycles. The molecule has 0 bridgehead atoms. The number of ether oxygens (including phenoxy) is 1. The maximum Gasteiger partial charge on any atom is 0.410 e. The van der Waals surface area contributed by atoms with E-state index in [-0.39, 0.29) is 30.2 Å². The predicted octanol–water partition coefficient (Wildman–Crippen LogP) is 2.54. The van der Waals surface area contributed by atoms with Crippen molar-refractivity contribution in [2.24, 2.45) is 0 Å². The van der Waals surface area contributed by atoms with E-state index in [0.717, 1.165) is 5.69 Å². The van der Waals surface area contributed by atoms with Gasteiger partial charge in [0, 0.05) is 19.1 Å². The first-order valence-electron chi connectivity index (χ1n) is 9.06. The maximum absolute atomic E-state index is 12.2. The number of aromatic carboxylic acids is 1. The highest BCUT2D eigenvalue weighted by Gasteiger charge is 2.33. The molecule has 8 heteroatoms. The maximum atomic E-state index is 12.2. The molecule has 1 aromatic rings. The van der Waals surface area contributed by atoms with E-state index in [0.29, 0.717) is 31.6 Å². The van der Waals surface area contributed by atoms with Gasteiger partial charge >= 0.3 is 12.1 Å². The van der Waals surface area contributed by atoms with Crippen LogP contribution < -0.4 is 10.2 Å². The fourth-order valence-corrected chi connectivity index (χ4v) is 3.46. The minimum absolute atomic E-state index is 0.101. The minimum Gasteiger partial charge on any atom is -0.478 e. The number of carbonyl (C=O) groups excluding carboxylic acids is 2. The van der Waals surface area contributed by atoms with Gasteiger partial charge in [-0.2, -0.15) is 0 Å². The van der Waals surface area contributed by atoms with Crippen molar-refractivity contribution >= 4 is 29.3 Å². The molecule has 0 unspecified atom stereocenters. The Hall–Kier alpha value is -2.77. The van der Waals surface area contributed by atoms with Crippen molar-refractivity contribution in [1.29, 1.82) is 0 Å². The third-order valence-corrected chi connectivity index (χ3v) is 4.70. The topological polar surface area (TPSA) is 99.2 Å². The van der Waals surface area contributed by atoms with Crippen molar-refractivity contribution in [1.82, 2.24) is 4.90 Å². The van der Waals surface area contributed by atoms with Gasteiger partial charge in [-0.3, -0.25) is 4.79 Å². The smallest absolute Gasteiger partial charge is 0.410 e. The highest BCUT2D eigenvalue weighted by molar-refractivity contribution is 6.03. The van der Waals surface area contributed by atoms with Crippen LogP contribution in [0.4, 0.5) is 16.2 Å². The van der Waals surface area contributed by atoms with E-state index in [1.165, 1.54) is 6.07 Å². The number of nitrogens with one attached hydrogen (secondary N) is 1. The van der Waals surface area contributed by atoms with Crippen molar-refractivity contribution in [2.75, 3.05) is 29.9 Å². The number of benzene rings is 1. The zero-order chi connectivity index (χ0) is 19.8. The minimum atomic E-state index is -1.03. The number of amides is 2. The molecule has 2 aliphatic heterocycles. The standard InChI is InChI=1S/C19H25N3O5/c1-19(2,3)27-18(26)21-8-6-13(7-9-21)22-11-16(23)20-14-10-12(17(24)25)4-5-15(14)22/h4-5,10,13H,6-9,11H2,1-3H3,(H,20,23)(H,24,25). The first kappa shape index (κ1) is 19.0. The van der Waals surface area contributed by atoms with E-state index < -0.39 is 11.6 Å². The summed E-state index contributed by atoms with van der Waals surface area (Å²) in [7, 11) is 0. The first-order valence-corrected chi connectivity index (χ1v) is 9.06. The Labute approximate surface area is 158 Å². The van der Waals surface area contributed by atoms with Crippen LogP contribution in [-0.4, -0.2) is 59.3 Å². The summed E-state index contributed by atoms with van der Waals surface area (Å²) in [6, 6.07) is 4.86. The molecule has 3 rings (SSSR count). The SMILES string of the molecule is CC(C)(C)OC(=O)N1CCC(N2CC(=O)Nc3cc(C(=O)O)ccc32)CC1. The molecule has 0 radical (unpaired) electrons. The second-order valence-electron chi connectivity index (χ2n) is 7.91. The highest BCUT2D eigenvalue weighted by Crippen LogP contribution is 2.34. The van der Waals surface area contributed by atoms with Crippen molar-refractivity contribution in [3.05, 3.63) is 23.8 Å². The highest BCUT2D eigenvalue weighted by atomic mass is 16.6. The van der Waals surface area contributed by atoms with E-state index in [4.69, 9.17) is 9.84 Å². The second kappa shape index (κ2) is 7.09. The average molecular weight is 375 g/mol. The van der Waals surface area contributed by atoms with Gasteiger partial charge in [-0.15, -0.1) is 0 Å². The van der Waals surface area contributed by atoms with Gasteiger partial charge < -0.3 is 25.0 Å². The molecule has 2 amide bonds. The summed E-state index contributed by atoms with van der Waals surface area (Å²) in [5.41, 5.74) is 0.936. The molecule has 0 spiro atoms. The lowest BCUT2D eigenvalue weighted by atomic mass is 10.00. The molecule has 0 saturated carbocycles. The number of hydrogen-bond acceptors (Lipinski definition) is 5. The van der Waals surface area contributed by atoms with Gasteiger partial charge in [-0.25, -0.2) is 9.59 Å². The van der Waals surface area contributed by atoms with Gasteiger partial charge in [0.2, 0.25) is 5.91 Å². The first-order chi connectivity index (χ1) is 12.6. The lowest BCUT2D eigenvalue weighted by Gasteiger charge is -2.42. The molecule has 0 aromatic heterocycles. The van der Waals surface area contributed by atoms with Gasteiger partial charge in [0.15, 0.2) is 0 Å². The molecule has 2 N–H and O–H groups in total. The molecule has 27 heavy (non-hydrogen) atoms. The van der Waals surface area contributed by atoms with Gasteiger partial charge in [0.1, 0.15) is 5.60 Å². The Morgan fingerprint density at radius 3 is 2.48 bits per heavy atom. The van der Waals surface area contributed by atoms with Crippen LogP contribution in [0.1, 0.15) is 44.0 Å². The number of carboxylic acid groups (broad SMARTS) is 1. The summed E-state index contributed by atoms with van der Waals surface area (Å²) in [5.74, 6) is -1.20. The van der Waals surface area contributed by atoms with Gasteiger partial charge in [0.05, 0.1) is 23.5 Å². The summed E-state index contributed by atoms with van der Waals surface area (Å²) >= 11 is 0. The van der Waals surface area contributed by atoms with Crippen molar-refractivity contribution in [3.8, 4) is 0 Å². The van der Waals surface area contributed by atoms with Crippen LogP contribution in [0, 0.1) is 0 Å². The van der Waals surface area contributed by atoms with Crippen LogP contribution in [0.15, 0.2) is 18.2 Å². The number of rotatable bonds is 2.